The molecule has 21 heavy (non-hydrogen) atoms. The highest BCUT2D eigenvalue weighted by molar-refractivity contribution is 5.47. The predicted molar refractivity (Wildman–Crippen MR) is 81.7 cm³/mol. The second-order valence-electron chi connectivity index (χ2n) is 6.48. The molecule has 0 fully saturated rings. The maximum absolute atomic E-state index is 5.41. The Morgan fingerprint density at radius 2 is 2.14 bits per heavy atom. The van der Waals surface area contributed by atoms with Crippen molar-refractivity contribution >= 4 is 0 Å². The van der Waals surface area contributed by atoms with E-state index in [2.05, 4.69) is 48.1 Å². The molecule has 2 rings (SSSR count). The van der Waals surface area contributed by atoms with Crippen LogP contribution in [0.2, 0.25) is 0 Å². The second kappa shape index (κ2) is 6.39. The van der Waals surface area contributed by atoms with E-state index in [-0.39, 0.29) is 5.41 Å². The Balaban J connectivity index is 2.11. The van der Waals surface area contributed by atoms with Crippen LogP contribution < -0.4 is 5.32 Å². The molecule has 0 aromatic carbocycles. The summed E-state index contributed by atoms with van der Waals surface area (Å²) in [5.41, 5.74) is 0.995. The minimum absolute atomic E-state index is 0.135. The van der Waals surface area contributed by atoms with Gasteiger partial charge in [-0.25, -0.2) is 4.98 Å². The monoisotopic (exact) mass is 291 g/mol. The highest BCUT2D eigenvalue weighted by Gasteiger charge is 2.26. The van der Waals surface area contributed by atoms with Crippen molar-refractivity contribution < 1.29 is 4.52 Å². The topological polar surface area (TPSA) is 68.8 Å². The van der Waals surface area contributed by atoms with Crippen LogP contribution in [0.25, 0.3) is 11.5 Å². The van der Waals surface area contributed by atoms with Gasteiger partial charge in [0.2, 0.25) is 11.7 Å². The first kappa shape index (κ1) is 15.7. The van der Waals surface area contributed by atoms with Gasteiger partial charge in [0.25, 0.3) is 0 Å². The summed E-state index contributed by atoms with van der Waals surface area (Å²) in [4.78, 5) is 8.57. The van der Waals surface area contributed by atoms with Crippen LogP contribution in [0.1, 0.15) is 40.0 Å². The third kappa shape index (κ3) is 3.91. The lowest BCUT2D eigenvalue weighted by Gasteiger charge is -2.30. The summed E-state index contributed by atoms with van der Waals surface area (Å²) in [6.45, 7) is 9.82. The molecule has 0 aliphatic carbocycles. The zero-order chi connectivity index (χ0) is 15.5. The van der Waals surface area contributed by atoms with E-state index in [1.807, 2.05) is 11.6 Å². The molecule has 2 heterocycles. The van der Waals surface area contributed by atoms with Crippen molar-refractivity contribution in [3.05, 3.63) is 18.4 Å². The average molecular weight is 291 g/mol. The minimum Gasteiger partial charge on any atom is -0.339 e. The van der Waals surface area contributed by atoms with Gasteiger partial charge in [-0.05, 0) is 18.4 Å². The zero-order valence-electron chi connectivity index (χ0n) is 13.6. The molecule has 0 aliphatic rings. The molecule has 6 heteroatoms. The molecule has 0 saturated heterocycles. The Hall–Kier alpha value is -1.69. The highest BCUT2D eigenvalue weighted by atomic mass is 16.5. The smallest absolute Gasteiger partial charge is 0.228 e. The lowest BCUT2D eigenvalue weighted by molar-refractivity contribution is 0.244. The molecule has 6 nitrogen and oxygen atoms in total. The van der Waals surface area contributed by atoms with Gasteiger partial charge in [-0.3, -0.25) is 0 Å². The standard InChI is InChI=1S/C15H25N5O/c1-6-7-17-12(15(2,3)4)8-13-18-14(19-21-13)11-9-16-10-20(11)5/h9-10,12,17H,6-8H2,1-5H3. The van der Waals surface area contributed by atoms with Gasteiger partial charge in [0.05, 0.1) is 12.5 Å². The van der Waals surface area contributed by atoms with E-state index in [1.165, 1.54) is 0 Å². The van der Waals surface area contributed by atoms with E-state index in [9.17, 15) is 0 Å². The first-order chi connectivity index (χ1) is 9.91. The van der Waals surface area contributed by atoms with E-state index in [0.717, 1.165) is 25.1 Å². The van der Waals surface area contributed by atoms with E-state index >= 15 is 0 Å². The zero-order valence-corrected chi connectivity index (χ0v) is 13.6. The van der Waals surface area contributed by atoms with Gasteiger partial charge in [0, 0.05) is 19.5 Å². The molecular formula is C15H25N5O. The Morgan fingerprint density at radius 3 is 2.71 bits per heavy atom. The molecule has 0 saturated carbocycles. The first-order valence-corrected chi connectivity index (χ1v) is 7.44. The maximum atomic E-state index is 5.41. The highest BCUT2D eigenvalue weighted by Crippen LogP contribution is 2.23. The van der Waals surface area contributed by atoms with Gasteiger partial charge in [-0.15, -0.1) is 0 Å². The van der Waals surface area contributed by atoms with Crippen LogP contribution in [0.5, 0.6) is 0 Å². The SMILES string of the molecule is CCCNC(Cc1nc(-c2cncn2C)no1)C(C)(C)C. The Kier molecular flexibility index (Phi) is 4.77. The van der Waals surface area contributed by atoms with Gasteiger partial charge in [-0.1, -0.05) is 32.9 Å². The number of aryl methyl sites for hydroxylation is 1. The van der Waals surface area contributed by atoms with Crippen molar-refractivity contribution in [3.8, 4) is 11.5 Å². The molecule has 0 bridgehead atoms. The summed E-state index contributed by atoms with van der Waals surface area (Å²) in [5.74, 6) is 1.25. The summed E-state index contributed by atoms with van der Waals surface area (Å²) in [7, 11) is 1.92. The van der Waals surface area contributed by atoms with Gasteiger partial charge >= 0.3 is 0 Å². The summed E-state index contributed by atoms with van der Waals surface area (Å²) in [6.07, 6.45) is 5.31. The van der Waals surface area contributed by atoms with Crippen LogP contribution in [0.4, 0.5) is 0 Å². The first-order valence-electron chi connectivity index (χ1n) is 7.44. The quantitative estimate of drug-likeness (QED) is 0.885. The lowest BCUT2D eigenvalue weighted by atomic mass is 9.84. The van der Waals surface area contributed by atoms with Crippen LogP contribution in [0.3, 0.4) is 0 Å². The van der Waals surface area contributed by atoms with Crippen LogP contribution in [0.15, 0.2) is 17.0 Å². The molecule has 2 aromatic rings. The lowest BCUT2D eigenvalue weighted by Crippen LogP contribution is -2.42. The second-order valence-corrected chi connectivity index (χ2v) is 6.48. The molecule has 2 aromatic heterocycles. The van der Waals surface area contributed by atoms with Crippen molar-refractivity contribution in [2.45, 2.75) is 46.6 Å². The third-order valence-electron chi connectivity index (χ3n) is 3.58. The van der Waals surface area contributed by atoms with Crippen LogP contribution in [-0.2, 0) is 13.5 Å². The van der Waals surface area contributed by atoms with Gasteiger partial charge in [-0.2, -0.15) is 4.98 Å². The third-order valence-corrected chi connectivity index (χ3v) is 3.58. The van der Waals surface area contributed by atoms with Crippen LogP contribution in [-0.4, -0.2) is 32.3 Å². The molecule has 1 unspecified atom stereocenters. The number of aromatic nitrogens is 4. The number of nitrogens with one attached hydrogen (secondary N) is 1. The number of hydrogen-bond acceptors (Lipinski definition) is 5. The van der Waals surface area contributed by atoms with Gasteiger partial charge in [0.15, 0.2) is 0 Å². The molecule has 0 amide bonds. The van der Waals surface area contributed by atoms with Gasteiger partial charge in [0.1, 0.15) is 5.69 Å². The van der Waals surface area contributed by atoms with Crippen molar-refractivity contribution in [2.24, 2.45) is 12.5 Å². The predicted octanol–water partition coefficient (Wildman–Crippen LogP) is 2.43. The summed E-state index contributed by atoms with van der Waals surface area (Å²) >= 11 is 0. The van der Waals surface area contributed by atoms with E-state index < -0.39 is 0 Å². The fourth-order valence-corrected chi connectivity index (χ4v) is 2.19. The van der Waals surface area contributed by atoms with Crippen LogP contribution in [0, 0.1) is 5.41 Å². The minimum atomic E-state index is 0.135. The van der Waals surface area contributed by atoms with Crippen molar-refractivity contribution in [3.63, 3.8) is 0 Å². The fraction of sp³-hybridized carbons (Fsp3) is 0.667. The van der Waals surface area contributed by atoms with Gasteiger partial charge < -0.3 is 14.4 Å². The number of nitrogens with zero attached hydrogens (tertiary/aromatic N) is 4. The van der Waals surface area contributed by atoms with Crippen LogP contribution >= 0.6 is 0 Å². The number of hydrogen-bond donors (Lipinski definition) is 1. The Labute approximate surface area is 126 Å². The molecule has 1 N–H and O–H groups in total. The number of rotatable bonds is 6. The Bertz CT molecular complexity index is 567. The van der Waals surface area contributed by atoms with Crippen molar-refractivity contribution in [2.75, 3.05) is 6.54 Å². The molecule has 0 spiro atoms. The van der Waals surface area contributed by atoms with E-state index in [0.29, 0.717) is 17.8 Å². The van der Waals surface area contributed by atoms with E-state index in [4.69, 9.17) is 4.52 Å². The summed E-state index contributed by atoms with van der Waals surface area (Å²) in [6, 6.07) is 0.303. The molecule has 1 atom stereocenters. The number of imidazole rings is 1. The largest absolute Gasteiger partial charge is 0.339 e. The fourth-order valence-electron chi connectivity index (χ4n) is 2.19. The molecule has 0 radical (unpaired) electrons. The molecule has 116 valence electrons. The van der Waals surface area contributed by atoms with E-state index in [1.54, 1.807) is 12.5 Å². The average Bonchev–Trinajstić information content (AvgIpc) is 3.01. The normalized spacial score (nSPS) is 13.6. The van der Waals surface area contributed by atoms with Crippen molar-refractivity contribution in [1.82, 2.24) is 25.0 Å². The molecular weight excluding hydrogens is 266 g/mol. The van der Waals surface area contributed by atoms with Crippen molar-refractivity contribution in [1.29, 1.82) is 0 Å². The molecule has 0 aliphatic heterocycles. The Morgan fingerprint density at radius 1 is 1.38 bits per heavy atom. The maximum Gasteiger partial charge on any atom is 0.228 e. The summed E-state index contributed by atoms with van der Waals surface area (Å²) < 4.78 is 7.29. The summed E-state index contributed by atoms with van der Waals surface area (Å²) in [5, 5.41) is 7.63.